The molecule has 5 rings (SSSR count). The Morgan fingerprint density at radius 1 is 1.08 bits per heavy atom. The quantitative estimate of drug-likeness (QED) is 0.416. The topological polar surface area (TPSA) is 79.0 Å². The van der Waals surface area contributed by atoms with Crippen molar-refractivity contribution >= 4 is 23.8 Å². The Kier molecular flexibility index (Phi) is 8.11. The highest BCUT2D eigenvalue weighted by Crippen LogP contribution is 2.34. The third-order valence-electron chi connectivity index (χ3n) is 7.79. The van der Waals surface area contributed by atoms with Crippen molar-refractivity contribution in [3.63, 3.8) is 0 Å². The number of amides is 3. The first kappa shape index (κ1) is 26.0. The number of nitrogens with one attached hydrogen (secondary N) is 1. The normalized spacial score (nSPS) is 22.4. The van der Waals surface area contributed by atoms with E-state index in [0.29, 0.717) is 37.4 Å². The average Bonchev–Trinajstić information content (AvgIpc) is 3.33. The third kappa shape index (κ3) is 6.09. The van der Waals surface area contributed by atoms with Gasteiger partial charge in [0.25, 0.3) is 11.8 Å². The number of fused-ring (bicyclic) bond motifs is 1. The van der Waals surface area contributed by atoms with E-state index in [4.69, 9.17) is 4.74 Å². The van der Waals surface area contributed by atoms with Crippen LogP contribution in [0, 0.1) is 6.92 Å². The van der Waals surface area contributed by atoms with E-state index >= 15 is 0 Å². The molecular formula is C31H37N3O4. The van der Waals surface area contributed by atoms with Crippen LogP contribution in [0.1, 0.15) is 72.0 Å². The van der Waals surface area contributed by atoms with Gasteiger partial charge in [0.2, 0.25) is 5.91 Å². The molecule has 38 heavy (non-hydrogen) atoms. The first-order chi connectivity index (χ1) is 18.5. The van der Waals surface area contributed by atoms with Gasteiger partial charge in [-0.1, -0.05) is 48.4 Å². The molecule has 2 saturated heterocycles. The first-order valence-corrected chi connectivity index (χ1v) is 13.9. The Morgan fingerprint density at radius 3 is 2.66 bits per heavy atom. The van der Waals surface area contributed by atoms with Gasteiger partial charge in [0.05, 0.1) is 6.04 Å². The molecule has 7 heteroatoms. The molecule has 0 spiro atoms. The van der Waals surface area contributed by atoms with Crippen LogP contribution >= 0.6 is 0 Å². The van der Waals surface area contributed by atoms with Crippen LogP contribution in [0.3, 0.4) is 0 Å². The van der Waals surface area contributed by atoms with Crippen molar-refractivity contribution < 1.29 is 19.1 Å². The Hall–Kier alpha value is -3.61. The van der Waals surface area contributed by atoms with Crippen molar-refractivity contribution in [1.82, 2.24) is 15.1 Å². The smallest absolute Gasteiger partial charge is 0.289 e. The van der Waals surface area contributed by atoms with Crippen molar-refractivity contribution in [2.24, 2.45) is 0 Å². The number of ether oxygens (including phenoxy) is 1. The number of hydrogen-bond donors (Lipinski definition) is 1. The van der Waals surface area contributed by atoms with Crippen LogP contribution in [0.15, 0.2) is 54.3 Å². The number of carbonyl (C=O) groups excluding carboxylic acids is 3. The summed E-state index contributed by atoms with van der Waals surface area (Å²) in [6.07, 6.45) is 8.25. The molecule has 7 nitrogen and oxygen atoms in total. The van der Waals surface area contributed by atoms with E-state index in [9.17, 15) is 14.4 Å². The van der Waals surface area contributed by atoms with Gasteiger partial charge in [-0.2, -0.15) is 0 Å². The molecule has 2 aliphatic heterocycles. The molecule has 2 unspecified atom stereocenters. The average molecular weight is 516 g/mol. The largest absolute Gasteiger partial charge is 0.482 e. The zero-order valence-electron chi connectivity index (χ0n) is 22.2. The maximum absolute atomic E-state index is 13.6. The van der Waals surface area contributed by atoms with Gasteiger partial charge in [-0.25, -0.2) is 0 Å². The van der Waals surface area contributed by atoms with Gasteiger partial charge in [-0.3, -0.25) is 14.4 Å². The minimum absolute atomic E-state index is 0.0124. The number of nitrogens with zero attached hydrogens (tertiary/aromatic N) is 2. The molecule has 1 N–H and O–H groups in total. The molecule has 0 radical (unpaired) electrons. The van der Waals surface area contributed by atoms with E-state index in [1.807, 2.05) is 28.0 Å². The molecule has 3 aliphatic rings. The fraction of sp³-hybridized carbons (Fsp3) is 0.452. The monoisotopic (exact) mass is 515 g/mol. The van der Waals surface area contributed by atoms with Crippen LogP contribution in [0.25, 0.3) is 6.08 Å². The maximum atomic E-state index is 13.6. The zero-order chi connectivity index (χ0) is 26.5. The lowest BCUT2D eigenvalue weighted by atomic mass is 9.89. The van der Waals surface area contributed by atoms with Gasteiger partial charge >= 0.3 is 0 Å². The lowest BCUT2D eigenvalue weighted by Gasteiger charge is -2.44. The molecule has 200 valence electrons. The third-order valence-corrected chi connectivity index (χ3v) is 7.79. The number of likely N-dealkylation sites (tertiary alicyclic amines) is 1. The maximum Gasteiger partial charge on any atom is 0.289 e. The summed E-state index contributed by atoms with van der Waals surface area (Å²) in [5.41, 5.74) is 3.70. The van der Waals surface area contributed by atoms with Crippen LogP contribution in [0.5, 0.6) is 0 Å². The lowest BCUT2D eigenvalue weighted by molar-refractivity contribution is -0.149. The van der Waals surface area contributed by atoms with Gasteiger partial charge in [-0.05, 0) is 68.4 Å². The SMILES string of the molecule is Cc1cccc(CN2C(=O)/C(=C\c3ccc(C(=O)NCCCN4CCCC4=O)cc3)OC3CCCCC32)c1. The molecule has 1 aliphatic carbocycles. The molecule has 0 aromatic heterocycles. The van der Waals surface area contributed by atoms with Gasteiger partial charge in [0.1, 0.15) is 6.10 Å². The number of hydrogen-bond acceptors (Lipinski definition) is 4. The standard InChI is InChI=1S/C31H37N3O4/c1-22-7-4-8-24(19-22)21-34-26-9-2-3-10-27(26)38-28(31(34)37)20-23-12-14-25(15-13-23)30(36)32-16-6-18-33-17-5-11-29(33)35/h4,7-8,12-15,19-20,26-27H,2-3,5-6,9-11,16-18,21H2,1H3,(H,32,36)/b28-20+. The van der Waals surface area contributed by atoms with Crippen molar-refractivity contribution in [2.45, 2.75) is 70.6 Å². The van der Waals surface area contributed by atoms with E-state index < -0.39 is 0 Å². The minimum atomic E-state index is -0.142. The van der Waals surface area contributed by atoms with E-state index in [1.165, 1.54) is 5.56 Å². The molecule has 2 atom stereocenters. The van der Waals surface area contributed by atoms with Gasteiger partial charge in [0, 0.05) is 38.2 Å². The fourth-order valence-electron chi connectivity index (χ4n) is 5.77. The summed E-state index contributed by atoms with van der Waals surface area (Å²) in [6.45, 7) is 4.67. The van der Waals surface area contributed by atoms with E-state index in [0.717, 1.165) is 56.2 Å². The Bertz CT molecular complexity index is 1210. The highest BCUT2D eigenvalue weighted by Gasteiger charge is 2.41. The Morgan fingerprint density at radius 2 is 1.89 bits per heavy atom. The summed E-state index contributed by atoms with van der Waals surface area (Å²) in [5.74, 6) is 0.359. The summed E-state index contributed by atoms with van der Waals surface area (Å²) in [5, 5.41) is 2.93. The zero-order valence-corrected chi connectivity index (χ0v) is 22.2. The van der Waals surface area contributed by atoms with Crippen molar-refractivity contribution in [3.05, 3.63) is 76.5 Å². The summed E-state index contributed by atoms with van der Waals surface area (Å²) >= 11 is 0. The summed E-state index contributed by atoms with van der Waals surface area (Å²) in [4.78, 5) is 41.7. The number of carbonyl (C=O) groups is 3. The molecule has 0 bridgehead atoms. The van der Waals surface area contributed by atoms with E-state index in [1.54, 1.807) is 18.2 Å². The lowest BCUT2D eigenvalue weighted by Crippen LogP contribution is -2.54. The van der Waals surface area contributed by atoms with E-state index in [-0.39, 0.29) is 29.9 Å². The van der Waals surface area contributed by atoms with E-state index in [2.05, 4.69) is 30.4 Å². The predicted octanol–water partition coefficient (Wildman–Crippen LogP) is 4.45. The molecule has 2 heterocycles. The molecule has 3 amide bonds. The first-order valence-electron chi connectivity index (χ1n) is 13.9. The number of rotatable bonds is 8. The minimum Gasteiger partial charge on any atom is -0.482 e. The number of aryl methyl sites for hydroxylation is 1. The van der Waals surface area contributed by atoms with Gasteiger partial charge < -0.3 is 19.9 Å². The van der Waals surface area contributed by atoms with Crippen molar-refractivity contribution in [2.75, 3.05) is 19.6 Å². The molecular weight excluding hydrogens is 478 g/mol. The van der Waals surface area contributed by atoms with Gasteiger partial charge in [0.15, 0.2) is 5.76 Å². The highest BCUT2D eigenvalue weighted by molar-refractivity contribution is 5.97. The van der Waals surface area contributed by atoms with Crippen LogP contribution in [-0.4, -0.2) is 59.3 Å². The predicted molar refractivity (Wildman–Crippen MR) is 146 cm³/mol. The highest BCUT2D eigenvalue weighted by atomic mass is 16.5. The summed E-state index contributed by atoms with van der Waals surface area (Å²) < 4.78 is 6.25. The second-order valence-corrected chi connectivity index (χ2v) is 10.7. The van der Waals surface area contributed by atoms with Crippen LogP contribution in [-0.2, 0) is 20.9 Å². The molecule has 2 aromatic rings. The summed E-state index contributed by atoms with van der Waals surface area (Å²) in [7, 11) is 0. The fourth-order valence-corrected chi connectivity index (χ4v) is 5.77. The molecule has 2 aromatic carbocycles. The Balaban J connectivity index is 1.22. The molecule has 1 saturated carbocycles. The summed E-state index contributed by atoms with van der Waals surface area (Å²) in [6, 6.07) is 15.7. The van der Waals surface area contributed by atoms with Gasteiger partial charge in [-0.15, -0.1) is 0 Å². The Labute approximate surface area is 224 Å². The second-order valence-electron chi connectivity index (χ2n) is 10.7. The van der Waals surface area contributed by atoms with Crippen LogP contribution in [0.2, 0.25) is 0 Å². The number of morpholine rings is 1. The second kappa shape index (κ2) is 11.8. The van der Waals surface area contributed by atoms with Crippen LogP contribution in [0.4, 0.5) is 0 Å². The molecule has 3 fully saturated rings. The van der Waals surface area contributed by atoms with Crippen LogP contribution < -0.4 is 5.32 Å². The van der Waals surface area contributed by atoms with Crippen molar-refractivity contribution in [1.29, 1.82) is 0 Å². The van der Waals surface area contributed by atoms with Crippen molar-refractivity contribution in [3.8, 4) is 0 Å². The number of benzene rings is 2.